The van der Waals surface area contributed by atoms with Crippen LogP contribution in [0, 0.1) is 11.3 Å². The molecule has 0 saturated carbocycles. The van der Waals surface area contributed by atoms with Gasteiger partial charge in [0.15, 0.2) is 5.60 Å². The number of ether oxygens (including phenoxy) is 3. The molecule has 3 aromatic rings. The smallest absolute Gasteiger partial charge is 0.415 e. The van der Waals surface area contributed by atoms with Crippen LogP contribution >= 0.6 is 0 Å². The average Bonchev–Trinajstić information content (AvgIpc) is 3.48. The summed E-state index contributed by atoms with van der Waals surface area (Å²) in [6, 6.07) is 6.94. The maximum absolute atomic E-state index is 13.7. The van der Waals surface area contributed by atoms with Crippen molar-refractivity contribution in [2.75, 3.05) is 26.2 Å². The third-order valence-corrected chi connectivity index (χ3v) is 10.8. The summed E-state index contributed by atoms with van der Waals surface area (Å²) >= 11 is 0. The number of aliphatic hydroxyl groups is 1. The fraction of sp³-hybridized carbons (Fsp3) is 0.550. The lowest BCUT2D eigenvalue weighted by atomic mass is 9.83. The maximum atomic E-state index is 13.7. The summed E-state index contributed by atoms with van der Waals surface area (Å²) in [5.74, 6) is -1.03. The Kier molecular flexibility index (Phi) is 9.95. The molecule has 0 radical (unpaired) electrons. The molecule has 1 fully saturated rings. The van der Waals surface area contributed by atoms with E-state index in [-0.39, 0.29) is 54.1 Å². The summed E-state index contributed by atoms with van der Waals surface area (Å²) in [5.41, 5.74) is 0.668. The molecule has 2 aromatic heterocycles. The molecule has 0 spiro atoms. The molecule has 13 nitrogen and oxygen atoms in total. The Morgan fingerprint density at radius 3 is 2.32 bits per heavy atom. The number of esters is 2. The lowest BCUT2D eigenvalue weighted by Gasteiger charge is -2.38. The summed E-state index contributed by atoms with van der Waals surface area (Å²) in [7, 11) is 0. The Morgan fingerprint density at radius 2 is 1.68 bits per heavy atom. The van der Waals surface area contributed by atoms with E-state index in [0.717, 1.165) is 16.5 Å². The van der Waals surface area contributed by atoms with Crippen LogP contribution < -0.4 is 10.3 Å². The molecule has 1 unspecified atom stereocenters. The molecule has 0 aliphatic carbocycles. The van der Waals surface area contributed by atoms with E-state index in [1.165, 1.54) is 0 Å². The molecule has 1 aromatic carbocycles. The average molecular weight is 731 g/mol. The predicted octanol–water partition coefficient (Wildman–Crippen LogP) is 5.07. The molecule has 1 saturated heterocycles. The lowest BCUT2D eigenvalue weighted by Crippen LogP contribution is -2.54. The normalized spacial score (nSPS) is 18.9. The van der Waals surface area contributed by atoms with Crippen LogP contribution in [0.5, 0.6) is 5.75 Å². The van der Waals surface area contributed by atoms with Gasteiger partial charge in [0.1, 0.15) is 18.0 Å². The van der Waals surface area contributed by atoms with E-state index in [2.05, 4.69) is 0 Å². The first kappa shape index (κ1) is 38.0. The van der Waals surface area contributed by atoms with E-state index >= 15 is 0 Å². The number of pyridine rings is 2. The fourth-order valence-electron chi connectivity index (χ4n) is 7.50. The number of hydrogen-bond donors (Lipinski definition) is 1. The molecule has 6 rings (SSSR count). The van der Waals surface area contributed by atoms with Gasteiger partial charge < -0.3 is 33.7 Å². The molecule has 3 aliphatic heterocycles. The van der Waals surface area contributed by atoms with Gasteiger partial charge in [-0.3, -0.25) is 14.4 Å². The second-order valence-electron chi connectivity index (χ2n) is 16.1. The van der Waals surface area contributed by atoms with Crippen molar-refractivity contribution in [3.05, 3.63) is 56.9 Å². The SMILES string of the molecule is CCc1c2c(nc3ccc(OC(=O)N4CCN(C(=O)C(C)(C)CCC(C)C(=O)OC(C)(C)C)CC4)cc13)-c1cc3c(c(=O)n1C2)COC(=O)[C@]3(O)CC. The number of amides is 2. The first-order chi connectivity index (χ1) is 24.9. The quantitative estimate of drug-likeness (QED) is 0.243. The molecule has 5 heterocycles. The third-order valence-electron chi connectivity index (χ3n) is 10.8. The summed E-state index contributed by atoms with van der Waals surface area (Å²) in [4.78, 5) is 73.8. The lowest BCUT2D eigenvalue weighted by molar-refractivity contribution is -0.172. The van der Waals surface area contributed by atoms with E-state index in [9.17, 15) is 29.1 Å². The Bertz CT molecular complexity index is 2060. The molecule has 13 heteroatoms. The Hall–Kier alpha value is -4.78. The van der Waals surface area contributed by atoms with Crippen molar-refractivity contribution in [2.24, 2.45) is 11.3 Å². The molecule has 1 N–H and O–H groups in total. The van der Waals surface area contributed by atoms with Crippen LogP contribution in [-0.4, -0.2) is 80.2 Å². The van der Waals surface area contributed by atoms with Gasteiger partial charge >= 0.3 is 18.0 Å². The van der Waals surface area contributed by atoms with Crippen molar-refractivity contribution in [1.82, 2.24) is 19.4 Å². The number of benzene rings is 1. The van der Waals surface area contributed by atoms with Gasteiger partial charge in [-0.15, -0.1) is 0 Å². The zero-order chi connectivity index (χ0) is 38.6. The maximum Gasteiger partial charge on any atom is 0.415 e. The molecule has 284 valence electrons. The molecule has 2 amide bonds. The van der Waals surface area contributed by atoms with E-state index in [1.54, 1.807) is 45.6 Å². The molecule has 53 heavy (non-hydrogen) atoms. The summed E-state index contributed by atoms with van der Waals surface area (Å²) in [6.45, 7) is 16.2. The largest absolute Gasteiger partial charge is 0.460 e. The third kappa shape index (κ3) is 7.03. The van der Waals surface area contributed by atoms with Crippen LogP contribution in [0.25, 0.3) is 22.3 Å². The standard InChI is InChI=1S/C40H50N4O9/c1-9-25-26-19-24(52-37(49)43-17-15-42(16-18-43)35(47)39(7,8)14-13-23(3)34(46)53-38(4,5)6)11-12-30(26)41-32-27(25)21-44-31(32)20-29-28(33(44)45)22-51-36(48)40(29,50)10-2/h11-12,19-20,23,50H,9-10,13-18,21-22H2,1-8H3/t23?,40-/m0/s1. The van der Waals surface area contributed by atoms with E-state index in [4.69, 9.17) is 19.2 Å². The number of rotatable bonds is 8. The van der Waals surface area contributed by atoms with Crippen molar-refractivity contribution < 1.29 is 38.5 Å². The van der Waals surface area contributed by atoms with Crippen molar-refractivity contribution >= 4 is 34.8 Å². The highest BCUT2D eigenvalue weighted by Gasteiger charge is 2.45. The Labute approximate surface area is 309 Å². The van der Waals surface area contributed by atoms with Gasteiger partial charge in [0.05, 0.1) is 34.9 Å². The van der Waals surface area contributed by atoms with Gasteiger partial charge in [-0.05, 0) is 76.3 Å². The minimum Gasteiger partial charge on any atom is -0.460 e. The number of cyclic esters (lactones) is 1. The van der Waals surface area contributed by atoms with Gasteiger partial charge in [-0.25, -0.2) is 14.6 Å². The highest BCUT2D eigenvalue weighted by molar-refractivity contribution is 5.90. The fourth-order valence-corrected chi connectivity index (χ4v) is 7.50. The number of fused-ring (bicyclic) bond motifs is 5. The van der Waals surface area contributed by atoms with Gasteiger partial charge in [-0.1, -0.05) is 34.6 Å². The number of aryl methyl sites for hydroxylation is 1. The molecule has 2 atom stereocenters. The molecular weight excluding hydrogens is 680 g/mol. The number of carbonyl (C=O) groups excluding carboxylic acids is 4. The van der Waals surface area contributed by atoms with Crippen LogP contribution in [0.1, 0.15) is 96.9 Å². The van der Waals surface area contributed by atoms with Crippen molar-refractivity contribution in [3.8, 4) is 17.1 Å². The zero-order valence-corrected chi connectivity index (χ0v) is 32.0. The summed E-state index contributed by atoms with van der Waals surface area (Å²) in [6.07, 6.45) is 1.22. The number of aromatic nitrogens is 2. The Morgan fingerprint density at radius 1 is 1.00 bits per heavy atom. The van der Waals surface area contributed by atoms with E-state index < -0.39 is 28.7 Å². The minimum absolute atomic E-state index is 0.0176. The number of carbonyl (C=O) groups is 4. The number of hydrogen-bond acceptors (Lipinski definition) is 10. The minimum atomic E-state index is -1.91. The van der Waals surface area contributed by atoms with Crippen molar-refractivity contribution in [1.29, 1.82) is 0 Å². The van der Waals surface area contributed by atoms with Crippen LogP contribution in [0.15, 0.2) is 29.1 Å². The predicted molar refractivity (Wildman–Crippen MR) is 196 cm³/mol. The number of piperazine rings is 1. The van der Waals surface area contributed by atoms with Crippen LogP contribution in [0.4, 0.5) is 4.79 Å². The van der Waals surface area contributed by atoms with Gasteiger partial charge in [0.2, 0.25) is 5.91 Å². The zero-order valence-electron chi connectivity index (χ0n) is 32.0. The van der Waals surface area contributed by atoms with Gasteiger partial charge in [-0.2, -0.15) is 0 Å². The highest BCUT2D eigenvalue weighted by atomic mass is 16.6. The topological polar surface area (TPSA) is 158 Å². The van der Waals surface area contributed by atoms with Crippen molar-refractivity contribution in [3.63, 3.8) is 0 Å². The Balaban J connectivity index is 1.13. The highest BCUT2D eigenvalue weighted by Crippen LogP contribution is 2.41. The van der Waals surface area contributed by atoms with Crippen LogP contribution in [0.2, 0.25) is 0 Å². The second kappa shape index (κ2) is 13.9. The number of nitrogens with zero attached hydrogens (tertiary/aromatic N) is 4. The first-order valence-corrected chi connectivity index (χ1v) is 18.5. The summed E-state index contributed by atoms with van der Waals surface area (Å²) in [5, 5.41) is 12.0. The second-order valence-corrected chi connectivity index (χ2v) is 16.1. The van der Waals surface area contributed by atoms with Crippen LogP contribution in [0.3, 0.4) is 0 Å². The monoisotopic (exact) mass is 730 g/mol. The molecule has 3 aliphatic rings. The van der Waals surface area contributed by atoms with Crippen molar-refractivity contribution in [2.45, 2.75) is 105 Å². The molecule has 0 bridgehead atoms. The summed E-state index contributed by atoms with van der Waals surface area (Å²) < 4.78 is 18.1. The van der Waals surface area contributed by atoms with Gasteiger partial charge in [0.25, 0.3) is 5.56 Å². The first-order valence-electron chi connectivity index (χ1n) is 18.5. The molecular formula is C40H50N4O9. The van der Waals surface area contributed by atoms with Gasteiger partial charge in [0, 0.05) is 48.1 Å². The van der Waals surface area contributed by atoms with E-state index in [0.29, 0.717) is 68.1 Å². The van der Waals surface area contributed by atoms with Crippen LogP contribution in [-0.2, 0) is 49.0 Å². The van der Waals surface area contributed by atoms with E-state index in [1.807, 2.05) is 48.5 Å².